The lowest BCUT2D eigenvalue weighted by atomic mass is 10.0. The SMILES string of the molecule is O=S(=O)(Oc1cc(N(c2ccccc2)c2ccc3sc4ccccc4c3c2)ccc1N(c1cccc(-c2ccccc2)c1)c1ccc2sc3ccccc3c2c1)C(F)(F)F. The van der Waals surface area contributed by atoms with Gasteiger partial charge in [0.2, 0.25) is 0 Å². The first-order valence-corrected chi connectivity index (χ1v) is 21.9. The molecule has 0 N–H and O–H groups in total. The molecule has 0 saturated carbocycles. The van der Waals surface area contributed by atoms with Gasteiger partial charge in [0.05, 0.1) is 11.4 Å². The van der Waals surface area contributed by atoms with Crippen LogP contribution in [0.2, 0.25) is 0 Å². The predicted octanol–water partition coefficient (Wildman–Crippen LogP) is 15.3. The Hall–Kier alpha value is -6.66. The lowest BCUT2D eigenvalue weighted by molar-refractivity contribution is -0.0499. The molecule has 10 aromatic rings. The number of rotatable bonds is 9. The topological polar surface area (TPSA) is 49.9 Å². The molecule has 0 aliphatic carbocycles. The van der Waals surface area contributed by atoms with E-state index >= 15 is 0 Å². The molecular weight excluding hydrogens is 818 g/mol. The van der Waals surface area contributed by atoms with Gasteiger partial charge in [-0.15, -0.1) is 22.7 Å². The third kappa shape index (κ3) is 6.80. The molecule has 11 heteroatoms. The molecule has 0 atom stereocenters. The second-order valence-electron chi connectivity index (χ2n) is 14.1. The van der Waals surface area contributed by atoms with Crippen LogP contribution in [-0.4, -0.2) is 13.9 Å². The van der Waals surface area contributed by atoms with E-state index in [1.807, 2.05) is 163 Å². The van der Waals surface area contributed by atoms with E-state index in [1.54, 1.807) is 39.7 Å². The van der Waals surface area contributed by atoms with E-state index in [-0.39, 0.29) is 5.69 Å². The average molecular weight is 849 g/mol. The Balaban J connectivity index is 1.21. The molecule has 0 bridgehead atoms. The number of nitrogens with zero attached hydrogens (tertiary/aromatic N) is 2. The minimum atomic E-state index is -6.14. The molecule has 60 heavy (non-hydrogen) atoms. The second-order valence-corrected chi connectivity index (χ2v) is 17.8. The summed E-state index contributed by atoms with van der Waals surface area (Å²) in [6, 6.07) is 59.5. The normalized spacial score (nSPS) is 12.1. The highest BCUT2D eigenvalue weighted by Crippen LogP contribution is 2.48. The Morgan fingerprint density at radius 3 is 1.50 bits per heavy atom. The van der Waals surface area contributed by atoms with E-state index in [2.05, 4.69) is 12.1 Å². The van der Waals surface area contributed by atoms with Crippen LogP contribution in [0.4, 0.5) is 47.3 Å². The lowest BCUT2D eigenvalue weighted by Crippen LogP contribution is -2.28. The van der Waals surface area contributed by atoms with Gasteiger partial charge in [-0.2, -0.15) is 21.6 Å². The summed E-state index contributed by atoms with van der Waals surface area (Å²) < 4.78 is 78.7. The van der Waals surface area contributed by atoms with Crippen LogP contribution >= 0.6 is 22.7 Å². The zero-order valence-electron chi connectivity index (χ0n) is 31.4. The highest BCUT2D eigenvalue weighted by Gasteiger charge is 2.49. The molecule has 0 unspecified atom stereocenters. The van der Waals surface area contributed by atoms with E-state index in [9.17, 15) is 21.6 Å². The minimum absolute atomic E-state index is 0.0861. The van der Waals surface area contributed by atoms with Gasteiger partial charge in [-0.1, -0.05) is 97.1 Å². The summed E-state index contributed by atoms with van der Waals surface area (Å²) in [6.07, 6.45) is 0. The summed E-state index contributed by atoms with van der Waals surface area (Å²) in [7, 11) is -6.14. The maximum atomic E-state index is 14.3. The van der Waals surface area contributed by atoms with Crippen LogP contribution in [0, 0.1) is 0 Å². The number of alkyl halides is 3. The largest absolute Gasteiger partial charge is 0.534 e. The first kappa shape index (κ1) is 37.6. The standard InChI is InChI=1S/C49H31F3N2O3S3/c50-49(51,52)60(55,56)57-44-31-38(53(34-15-5-2-6-16-34)36-23-26-47-41(29-36)39-18-7-9-20-45(39)58-47)22-25-43(44)54(35-17-11-14-33(28-35)32-12-3-1-4-13-32)37-24-27-48-42(30-37)40-19-8-10-21-46(40)59-48/h1-31H. The van der Waals surface area contributed by atoms with E-state index in [1.165, 1.54) is 6.07 Å². The summed E-state index contributed by atoms with van der Waals surface area (Å²) in [6.45, 7) is 0. The predicted molar refractivity (Wildman–Crippen MR) is 243 cm³/mol. The molecule has 5 nitrogen and oxygen atoms in total. The van der Waals surface area contributed by atoms with Crippen LogP contribution in [0.3, 0.4) is 0 Å². The maximum Gasteiger partial charge on any atom is 0.534 e. The zero-order chi connectivity index (χ0) is 41.0. The van der Waals surface area contributed by atoms with Gasteiger partial charge in [-0.25, -0.2) is 0 Å². The highest BCUT2D eigenvalue weighted by molar-refractivity contribution is 7.88. The van der Waals surface area contributed by atoms with Crippen molar-refractivity contribution in [2.45, 2.75) is 5.51 Å². The van der Waals surface area contributed by atoms with Gasteiger partial charge in [0.1, 0.15) is 0 Å². The molecule has 8 aromatic carbocycles. The van der Waals surface area contributed by atoms with Crippen molar-refractivity contribution < 1.29 is 25.8 Å². The first-order valence-electron chi connectivity index (χ1n) is 18.9. The molecule has 10 rings (SSSR count). The quantitative estimate of drug-likeness (QED) is 0.107. The molecular formula is C49H31F3N2O3S3. The van der Waals surface area contributed by atoms with Crippen molar-refractivity contribution in [2.24, 2.45) is 0 Å². The third-order valence-electron chi connectivity index (χ3n) is 10.4. The van der Waals surface area contributed by atoms with Crippen molar-refractivity contribution in [3.05, 3.63) is 188 Å². The van der Waals surface area contributed by atoms with Crippen molar-refractivity contribution >= 4 is 107 Å². The van der Waals surface area contributed by atoms with Crippen molar-refractivity contribution in [3.8, 4) is 16.9 Å². The molecule has 2 aromatic heterocycles. The Labute approximate surface area is 351 Å². The number of anilines is 6. The molecule has 0 radical (unpaired) electrons. The summed E-state index contributed by atoms with van der Waals surface area (Å²) in [5, 5.41) is 4.07. The van der Waals surface area contributed by atoms with Crippen molar-refractivity contribution in [1.29, 1.82) is 0 Å². The molecule has 0 aliphatic rings. The summed E-state index contributed by atoms with van der Waals surface area (Å²) in [5.41, 5.74) is -0.853. The average Bonchev–Trinajstić information content (AvgIpc) is 3.83. The van der Waals surface area contributed by atoms with Crippen molar-refractivity contribution in [3.63, 3.8) is 0 Å². The van der Waals surface area contributed by atoms with Crippen LogP contribution in [0.15, 0.2) is 188 Å². The Bertz CT molecular complexity index is 3330. The number of thiophene rings is 2. The summed E-state index contributed by atoms with van der Waals surface area (Å²) in [5.74, 6) is -0.506. The molecule has 0 fully saturated rings. The lowest BCUT2D eigenvalue weighted by Gasteiger charge is -2.30. The number of hydrogen-bond donors (Lipinski definition) is 0. The van der Waals surface area contributed by atoms with Gasteiger partial charge >= 0.3 is 15.6 Å². The first-order chi connectivity index (χ1) is 29.1. The molecule has 0 spiro atoms. The third-order valence-corrected chi connectivity index (χ3v) is 13.7. The molecule has 0 aliphatic heterocycles. The molecule has 294 valence electrons. The van der Waals surface area contributed by atoms with Crippen LogP contribution < -0.4 is 14.0 Å². The van der Waals surface area contributed by atoms with Crippen molar-refractivity contribution in [1.82, 2.24) is 0 Å². The van der Waals surface area contributed by atoms with Gasteiger partial charge in [-0.3, -0.25) is 0 Å². The second kappa shape index (κ2) is 14.9. The minimum Gasteiger partial charge on any atom is -0.374 e. The molecule has 0 amide bonds. The number of halogens is 3. The Morgan fingerprint density at radius 2 is 0.883 bits per heavy atom. The summed E-state index contributed by atoms with van der Waals surface area (Å²) >= 11 is 3.31. The number of benzene rings is 8. The van der Waals surface area contributed by atoms with Crippen LogP contribution in [0.5, 0.6) is 5.75 Å². The van der Waals surface area contributed by atoms with Gasteiger partial charge < -0.3 is 14.0 Å². The Morgan fingerprint density at radius 1 is 0.417 bits per heavy atom. The van der Waals surface area contributed by atoms with E-state index in [4.69, 9.17) is 4.18 Å². The zero-order valence-corrected chi connectivity index (χ0v) is 33.8. The fraction of sp³-hybridized carbons (Fsp3) is 0.0204. The van der Waals surface area contributed by atoms with Gasteiger partial charge in [-0.05, 0) is 96.1 Å². The van der Waals surface area contributed by atoms with Crippen LogP contribution in [0.1, 0.15) is 0 Å². The van der Waals surface area contributed by atoms with E-state index in [0.717, 1.165) is 57.2 Å². The van der Waals surface area contributed by atoms with Crippen LogP contribution in [0.25, 0.3) is 51.5 Å². The Kier molecular flexibility index (Phi) is 9.31. The van der Waals surface area contributed by atoms with E-state index in [0.29, 0.717) is 22.7 Å². The number of hydrogen-bond acceptors (Lipinski definition) is 7. The van der Waals surface area contributed by atoms with Crippen LogP contribution in [-0.2, 0) is 10.1 Å². The maximum absolute atomic E-state index is 14.3. The summed E-state index contributed by atoms with van der Waals surface area (Å²) in [4.78, 5) is 3.63. The van der Waals surface area contributed by atoms with Gasteiger partial charge in [0.25, 0.3) is 0 Å². The molecule has 0 saturated heterocycles. The molecule has 2 heterocycles. The van der Waals surface area contributed by atoms with Gasteiger partial charge in [0.15, 0.2) is 5.75 Å². The smallest absolute Gasteiger partial charge is 0.374 e. The van der Waals surface area contributed by atoms with Crippen molar-refractivity contribution in [2.75, 3.05) is 9.80 Å². The number of para-hydroxylation sites is 1. The fourth-order valence-corrected chi connectivity index (χ4v) is 10.3. The highest BCUT2D eigenvalue weighted by atomic mass is 32.2. The fourth-order valence-electron chi connectivity index (χ4n) is 7.67. The number of fused-ring (bicyclic) bond motifs is 6. The monoisotopic (exact) mass is 848 g/mol. The van der Waals surface area contributed by atoms with Gasteiger partial charge in [0, 0.05) is 69.2 Å². The van der Waals surface area contributed by atoms with E-state index < -0.39 is 21.4 Å².